The van der Waals surface area contributed by atoms with Crippen molar-refractivity contribution in [1.29, 1.82) is 0 Å². The van der Waals surface area contributed by atoms with Crippen molar-refractivity contribution in [3.63, 3.8) is 0 Å². The van der Waals surface area contributed by atoms with Gasteiger partial charge in [0.05, 0.1) is 18.8 Å². The largest absolute Gasteiger partial charge is 0.479 e. The third kappa shape index (κ3) is 4.06. The molecule has 0 amide bonds. The molecule has 8 heteroatoms. The van der Waals surface area contributed by atoms with E-state index in [1.165, 1.54) is 0 Å². The van der Waals surface area contributed by atoms with Gasteiger partial charge in [0.1, 0.15) is 17.2 Å². The van der Waals surface area contributed by atoms with Crippen LogP contribution in [0.15, 0.2) is 40.6 Å². The van der Waals surface area contributed by atoms with Crippen LogP contribution in [0.5, 0.6) is 17.2 Å². The second-order valence-corrected chi connectivity index (χ2v) is 7.62. The molecule has 0 aliphatic carbocycles. The summed E-state index contributed by atoms with van der Waals surface area (Å²) >= 11 is 3.47. The summed E-state index contributed by atoms with van der Waals surface area (Å²) < 4.78 is 28.1. The number of hydrogen-bond donors (Lipinski definition) is 0. The maximum absolute atomic E-state index is 12.8. The monoisotopic (exact) mass is 474 g/mol. The highest BCUT2D eigenvalue weighted by Crippen LogP contribution is 2.38. The molecular weight excluding hydrogens is 456 g/mol. The summed E-state index contributed by atoms with van der Waals surface area (Å²) in [4.78, 5) is 24.6. The maximum Gasteiger partial charge on any atom is 0.347 e. The minimum atomic E-state index is -0.775. The number of benzene rings is 2. The van der Waals surface area contributed by atoms with E-state index in [0.717, 1.165) is 10.0 Å². The van der Waals surface area contributed by atoms with E-state index >= 15 is 0 Å². The minimum absolute atomic E-state index is 0.152. The van der Waals surface area contributed by atoms with Crippen LogP contribution in [0.3, 0.4) is 0 Å². The second kappa shape index (κ2) is 8.49. The first kappa shape index (κ1) is 20.4. The van der Waals surface area contributed by atoms with Crippen molar-refractivity contribution < 1.29 is 33.3 Å². The van der Waals surface area contributed by atoms with Crippen molar-refractivity contribution >= 4 is 33.8 Å². The Morgan fingerprint density at radius 1 is 1.30 bits per heavy atom. The molecule has 0 saturated heterocycles. The molecule has 156 valence electrons. The molecule has 0 unspecified atom stereocenters. The number of fused-ring (bicyclic) bond motifs is 2. The number of hydrogen-bond acceptors (Lipinski definition) is 7. The van der Waals surface area contributed by atoms with Crippen molar-refractivity contribution in [2.45, 2.75) is 26.6 Å². The summed E-state index contributed by atoms with van der Waals surface area (Å²) in [6, 6.07) is 8.60. The van der Waals surface area contributed by atoms with Crippen molar-refractivity contribution in [2.75, 3.05) is 13.4 Å². The van der Waals surface area contributed by atoms with E-state index < -0.39 is 12.1 Å². The van der Waals surface area contributed by atoms with Crippen molar-refractivity contribution in [2.24, 2.45) is 0 Å². The number of allylic oxidation sites excluding steroid dienone is 1. The van der Waals surface area contributed by atoms with E-state index in [0.29, 0.717) is 35.0 Å². The molecular formula is C22H19BrO7. The number of halogens is 1. The number of ether oxygens (including phenoxy) is 5. The van der Waals surface area contributed by atoms with Gasteiger partial charge in [0.25, 0.3) is 0 Å². The lowest BCUT2D eigenvalue weighted by atomic mass is 10.1. The quantitative estimate of drug-likeness (QED) is 0.472. The summed E-state index contributed by atoms with van der Waals surface area (Å²) in [5, 5.41) is 0. The van der Waals surface area contributed by atoms with Gasteiger partial charge in [-0.15, -0.1) is 0 Å². The first-order valence-electron chi connectivity index (χ1n) is 9.41. The molecule has 7 nitrogen and oxygen atoms in total. The van der Waals surface area contributed by atoms with Crippen LogP contribution < -0.4 is 14.2 Å². The first-order chi connectivity index (χ1) is 14.5. The van der Waals surface area contributed by atoms with E-state index in [1.807, 2.05) is 12.1 Å². The second-order valence-electron chi connectivity index (χ2n) is 6.70. The van der Waals surface area contributed by atoms with Gasteiger partial charge in [0, 0.05) is 21.7 Å². The number of esters is 1. The third-order valence-electron chi connectivity index (χ3n) is 4.56. The molecule has 0 aromatic heterocycles. The Kier molecular flexibility index (Phi) is 5.78. The smallest absolute Gasteiger partial charge is 0.347 e. The molecule has 0 spiro atoms. The minimum Gasteiger partial charge on any atom is -0.479 e. The lowest BCUT2D eigenvalue weighted by Crippen LogP contribution is -2.26. The molecule has 2 aliphatic rings. The number of ketones is 1. The Hall–Kier alpha value is -2.84. The molecule has 0 saturated carbocycles. The van der Waals surface area contributed by atoms with E-state index in [2.05, 4.69) is 15.9 Å². The number of carbonyl (C=O) groups is 2. The van der Waals surface area contributed by atoms with E-state index in [4.69, 9.17) is 23.7 Å². The zero-order chi connectivity index (χ0) is 21.3. The molecule has 0 bridgehead atoms. The number of carbonyl (C=O) groups excluding carboxylic acids is 2. The van der Waals surface area contributed by atoms with Gasteiger partial charge >= 0.3 is 5.97 Å². The molecule has 4 rings (SSSR count). The van der Waals surface area contributed by atoms with Crippen LogP contribution in [0, 0.1) is 0 Å². The van der Waals surface area contributed by atoms with Gasteiger partial charge in [-0.25, -0.2) is 4.79 Å². The van der Waals surface area contributed by atoms with Gasteiger partial charge in [0.15, 0.2) is 18.7 Å². The standard InChI is InChI=1S/C22H19BrO7/c1-3-27-22(25)12(2)29-16-4-5-17-18(9-16)30-19(20(17)24)8-13-6-15(23)7-14-10-26-11-28-21(13)14/h4-9,12H,3,10-11H2,1-2H3/b19-8-/t12-/m0/s1. The fourth-order valence-corrected chi connectivity index (χ4v) is 3.73. The zero-order valence-corrected chi connectivity index (χ0v) is 18.0. The highest BCUT2D eigenvalue weighted by atomic mass is 79.9. The van der Waals surface area contributed by atoms with Crippen LogP contribution in [-0.2, 0) is 20.9 Å². The summed E-state index contributed by atoms with van der Waals surface area (Å²) in [6.07, 6.45) is 0.877. The zero-order valence-electron chi connectivity index (χ0n) is 16.4. The summed E-state index contributed by atoms with van der Waals surface area (Å²) in [6.45, 7) is 4.19. The molecule has 2 aliphatic heterocycles. The normalized spacial score (nSPS) is 16.9. The van der Waals surface area contributed by atoms with Gasteiger partial charge in [-0.2, -0.15) is 0 Å². The van der Waals surface area contributed by atoms with E-state index in [1.54, 1.807) is 38.1 Å². The van der Waals surface area contributed by atoms with Crippen LogP contribution in [0.1, 0.15) is 35.3 Å². The Morgan fingerprint density at radius 3 is 2.93 bits per heavy atom. The third-order valence-corrected chi connectivity index (χ3v) is 5.02. The predicted octanol–water partition coefficient (Wildman–Crippen LogP) is 4.26. The van der Waals surface area contributed by atoms with Crippen LogP contribution in [0.2, 0.25) is 0 Å². The predicted molar refractivity (Wildman–Crippen MR) is 111 cm³/mol. The molecule has 30 heavy (non-hydrogen) atoms. The maximum atomic E-state index is 12.8. The van der Waals surface area contributed by atoms with E-state index in [-0.39, 0.29) is 24.9 Å². The average Bonchev–Trinajstić information content (AvgIpc) is 3.02. The van der Waals surface area contributed by atoms with Gasteiger partial charge < -0.3 is 23.7 Å². The van der Waals surface area contributed by atoms with E-state index in [9.17, 15) is 9.59 Å². The molecule has 2 aromatic rings. The summed E-state index contributed by atoms with van der Waals surface area (Å²) in [7, 11) is 0. The van der Waals surface area contributed by atoms with Crippen molar-refractivity contribution in [1.82, 2.24) is 0 Å². The highest BCUT2D eigenvalue weighted by Gasteiger charge is 2.29. The first-order valence-corrected chi connectivity index (χ1v) is 10.2. The Labute approximate surface area is 181 Å². The fourth-order valence-electron chi connectivity index (χ4n) is 3.21. The summed E-state index contributed by atoms with van der Waals surface area (Å²) in [5.41, 5.74) is 2.02. The Balaban J connectivity index is 1.59. The van der Waals surface area contributed by atoms with Crippen LogP contribution in [-0.4, -0.2) is 31.3 Å². The molecule has 1 atom stereocenters. The van der Waals surface area contributed by atoms with Gasteiger partial charge in [0.2, 0.25) is 5.78 Å². The average molecular weight is 475 g/mol. The summed E-state index contributed by atoms with van der Waals surface area (Å²) in [5.74, 6) is 0.916. The fraction of sp³-hybridized carbons (Fsp3) is 0.273. The van der Waals surface area contributed by atoms with Gasteiger partial charge in [-0.1, -0.05) is 15.9 Å². The molecule has 2 aromatic carbocycles. The van der Waals surface area contributed by atoms with Crippen molar-refractivity contribution in [3.8, 4) is 17.2 Å². The Morgan fingerprint density at radius 2 is 2.13 bits per heavy atom. The molecule has 0 radical (unpaired) electrons. The molecule has 2 heterocycles. The van der Waals surface area contributed by atoms with Crippen molar-refractivity contribution in [3.05, 3.63) is 57.3 Å². The highest BCUT2D eigenvalue weighted by molar-refractivity contribution is 9.10. The van der Waals surface area contributed by atoms with Crippen LogP contribution >= 0.6 is 15.9 Å². The van der Waals surface area contributed by atoms with Crippen LogP contribution in [0.4, 0.5) is 0 Å². The number of Topliss-reactive ketones (excluding diaryl/α,β-unsaturated/α-hetero) is 1. The molecule has 0 fully saturated rings. The van der Waals surface area contributed by atoms with Gasteiger partial charge in [-0.3, -0.25) is 4.79 Å². The lowest BCUT2D eigenvalue weighted by Gasteiger charge is -2.20. The molecule has 0 N–H and O–H groups in total. The number of rotatable bonds is 5. The van der Waals surface area contributed by atoms with Gasteiger partial charge in [-0.05, 0) is 44.2 Å². The topological polar surface area (TPSA) is 80.3 Å². The van der Waals surface area contributed by atoms with Crippen LogP contribution in [0.25, 0.3) is 6.08 Å². The Bertz CT molecular complexity index is 1040. The SMILES string of the molecule is CCOC(=O)[C@H](C)Oc1ccc2c(c1)O/C(=C\c1cc(Br)cc3c1OCOC3)C2=O. The lowest BCUT2D eigenvalue weighted by molar-refractivity contribution is -0.150.